The minimum atomic E-state index is 0.504. The van der Waals surface area contributed by atoms with Gasteiger partial charge in [0.1, 0.15) is 6.07 Å². The zero-order valence-corrected chi connectivity index (χ0v) is 26.8. The molecule has 0 amide bonds. The third kappa shape index (κ3) is 6.40. The van der Waals surface area contributed by atoms with E-state index in [9.17, 15) is 5.26 Å². The summed E-state index contributed by atoms with van der Waals surface area (Å²) in [7, 11) is 0. The molecule has 0 radical (unpaired) electrons. The van der Waals surface area contributed by atoms with E-state index in [0.29, 0.717) is 22.8 Å². The summed E-state index contributed by atoms with van der Waals surface area (Å²) in [4.78, 5) is 24.2. The molecule has 0 bridgehead atoms. The minimum absolute atomic E-state index is 0.504. The molecule has 0 atom stereocenters. The first kappa shape index (κ1) is 30.2. The molecule has 4 aromatic heterocycles. The van der Waals surface area contributed by atoms with Gasteiger partial charge in [0.05, 0.1) is 39.7 Å². The summed E-state index contributed by atoms with van der Waals surface area (Å²) in [6, 6.07) is 54.7. The van der Waals surface area contributed by atoms with Crippen molar-refractivity contribution in [2.24, 2.45) is 0 Å². The van der Waals surface area contributed by atoms with Gasteiger partial charge in [-0.1, -0.05) is 121 Å². The van der Waals surface area contributed by atoms with Crippen LogP contribution in [0.1, 0.15) is 5.56 Å². The van der Waals surface area contributed by atoms with Gasteiger partial charge in [-0.05, 0) is 53.1 Å². The molecule has 234 valence electrons. The molecule has 6 heteroatoms. The number of hydrogen-bond donors (Lipinski definition) is 0. The lowest BCUT2D eigenvalue weighted by Crippen LogP contribution is -1.96. The normalized spacial score (nSPS) is 10.8. The van der Waals surface area contributed by atoms with Crippen molar-refractivity contribution >= 4 is 0 Å². The molecule has 0 aliphatic rings. The predicted octanol–water partition coefficient (Wildman–Crippen LogP) is 10.2. The fourth-order valence-corrected chi connectivity index (χ4v) is 5.82. The van der Waals surface area contributed by atoms with E-state index >= 15 is 0 Å². The number of nitriles is 1. The lowest BCUT2D eigenvalue weighted by molar-refractivity contribution is 1.18. The number of hydrogen-bond acceptors (Lipinski definition) is 6. The molecule has 0 saturated carbocycles. The van der Waals surface area contributed by atoms with Crippen LogP contribution in [0.15, 0.2) is 170 Å². The number of pyridine rings is 3. The Kier molecular flexibility index (Phi) is 8.20. The average molecular weight is 641 g/mol. The van der Waals surface area contributed by atoms with Crippen LogP contribution in [0.5, 0.6) is 0 Å². The van der Waals surface area contributed by atoms with Gasteiger partial charge in [0.25, 0.3) is 0 Å². The Balaban J connectivity index is 1.11. The second-order valence-corrected chi connectivity index (χ2v) is 11.7. The Labute approximate surface area is 290 Å². The van der Waals surface area contributed by atoms with Crippen LogP contribution < -0.4 is 0 Å². The van der Waals surface area contributed by atoms with Crippen LogP contribution in [0.4, 0.5) is 0 Å². The fraction of sp³-hybridized carbons (Fsp3) is 0. The Morgan fingerprint density at radius 2 is 0.820 bits per heavy atom. The van der Waals surface area contributed by atoms with Gasteiger partial charge in [0.2, 0.25) is 0 Å². The Morgan fingerprint density at radius 3 is 1.36 bits per heavy atom. The molecule has 50 heavy (non-hydrogen) atoms. The molecule has 4 heterocycles. The van der Waals surface area contributed by atoms with Gasteiger partial charge >= 0.3 is 0 Å². The summed E-state index contributed by atoms with van der Waals surface area (Å²) in [6.07, 6.45) is 3.45. The van der Waals surface area contributed by atoms with E-state index < -0.39 is 0 Å². The summed E-state index contributed by atoms with van der Waals surface area (Å²) in [5.41, 5.74) is 12.3. The Morgan fingerprint density at radius 1 is 0.340 bits per heavy atom. The van der Waals surface area contributed by atoms with Crippen LogP contribution in [-0.2, 0) is 0 Å². The largest absolute Gasteiger partial charge is 0.254 e. The summed E-state index contributed by atoms with van der Waals surface area (Å²) in [5.74, 6) is 0.689. The van der Waals surface area contributed by atoms with E-state index in [2.05, 4.69) is 71.7 Å². The molecule has 6 nitrogen and oxygen atoms in total. The van der Waals surface area contributed by atoms with Crippen LogP contribution in [0.3, 0.4) is 0 Å². The number of benzene rings is 4. The van der Waals surface area contributed by atoms with E-state index in [1.54, 1.807) is 12.3 Å². The average Bonchev–Trinajstić information content (AvgIpc) is 3.21. The maximum Gasteiger partial charge on any atom is 0.160 e. The van der Waals surface area contributed by atoms with E-state index in [4.69, 9.17) is 19.9 Å². The van der Waals surface area contributed by atoms with E-state index in [-0.39, 0.29) is 0 Å². The van der Waals surface area contributed by atoms with Crippen LogP contribution in [0.2, 0.25) is 0 Å². The lowest BCUT2D eigenvalue weighted by Gasteiger charge is -2.11. The standard InChI is InChI=1S/C44H28N6/c45-27-30-16-22-38(46-28-30)42-24-37(31-10-4-1-5-11-31)25-43(48-42)39-23-21-36(29-47-39)32-17-19-34(20-18-32)41-26-40(33-12-6-2-7-13-33)49-44(50-41)35-14-8-3-9-15-35/h1-26,28-29H. The van der Waals surface area contributed by atoms with Crippen LogP contribution in [0.25, 0.3) is 78.9 Å². The van der Waals surface area contributed by atoms with Crippen molar-refractivity contribution in [1.82, 2.24) is 24.9 Å². The first-order valence-electron chi connectivity index (χ1n) is 16.2. The van der Waals surface area contributed by atoms with Gasteiger partial charge < -0.3 is 0 Å². The molecular formula is C44H28N6. The Bertz CT molecular complexity index is 2380. The molecule has 8 aromatic rings. The smallest absolute Gasteiger partial charge is 0.160 e. The molecule has 4 aromatic carbocycles. The fourth-order valence-electron chi connectivity index (χ4n) is 5.82. The van der Waals surface area contributed by atoms with Crippen molar-refractivity contribution in [3.05, 3.63) is 176 Å². The highest BCUT2D eigenvalue weighted by atomic mass is 14.9. The van der Waals surface area contributed by atoms with Crippen molar-refractivity contribution in [2.45, 2.75) is 0 Å². The number of nitrogens with zero attached hydrogens (tertiary/aromatic N) is 6. The van der Waals surface area contributed by atoms with Gasteiger partial charge in [0, 0.05) is 34.6 Å². The van der Waals surface area contributed by atoms with Crippen molar-refractivity contribution in [2.75, 3.05) is 0 Å². The van der Waals surface area contributed by atoms with Crippen molar-refractivity contribution in [1.29, 1.82) is 5.26 Å². The van der Waals surface area contributed by atoms with E-state index in [1.165, 1.54) is 0 Å². The van der Waals surface area contributed by atoms with Crippen LogP contribution in [-0.4, -0.2) is 24.9 Å². The van der Waals surface area contributed by atoms with Crippen molar-refractivity contribution in [3.63, 3.8) is 0 Å². The number of rotatable bonds is 7. The molecule has 0 fully saturated rings. The van der Waals surface area contributed by atoms with E-state index in [1.807, 2.05) is 97.2 Å². The highest BCUT2D eigenvalue weighted by molar-refractivity contribution is 5.77. The number of aromatic nitrogens is 5. The van der Waals surface area contributed by atoms with Crippen LogP contribution in [0, 0.1) is 11.3 Å². The second kappa shape index (κ2) is 13.6. The van der Waals surface area contributed by atoms with Gasteiger partial charge in [-0.15, -0.1) is 0 Å². The topological polar surface area (TPSA) is 88.2 Å². The second-order valence-electron chi connectivity index (χ2n) is 11.7. The highest BCUT2D eigenvalue weighted by Gasteiger charge is 2.13. The van der Waals surface area contributed by atoms with E-state index in [0.717, 1.165) is 61.7 Å². The van der Waals surface area contributed by atoms with Gasteiger partial charge in [-0.25, -0.2) is 15.0 Å². The minimum Gasteiger partial charge on any atom is -0.254 e. The quantitative estimate of drug-likeness (QED) is 0.172. The third-order valence-corrected chi connectivity index (χ3v) is 8.46. The maximum absolute atomic E-state index is 9.23. The SMILES string of the molecule is N#Cc1ccc(-c2cc(-c3ccccc3)cc(-c3ccc(-c4ccc(-c5cc(-c6ccccc6)nc(-c6ccccc6)n5)cc4)cn3)n2)nc1. The first-order chi connectivity index (χ1) is 24.7. The summed E-state index contributed by atoms with van der Waals surface area (Å²) < 4.78 is 0. The molecule has 0 saturated heterocycles. The molecule has 0 aliphatic carbocycles. The molecule has 0 N–H and O–H groups in total. The van der Waals surface area contributed by atoms with Crippen molar-refractivity contribution < 1.29 is 0 Å². The van der Waals surface area contributed by atoms with Gasteiger partial charge in [0.15, 0.2) is 5.82 Å². The molecular weight excluding hydrogens is 613 g/mol. The monoisotopic (exact) mass is 640 g/mol. The first-order valence-corrected chi connectivity index (χ1v) is 16.2. The summed E-state index contributed by atoms with van der Waals surface area (Å²) >= 11 is 0. The summed E-state index contributed by atoms with van der Waals surface area (Å²) in [5, 5.41) is 9.23. The highest BCUT2D eigenvalue weighted by Crippen LogP contribution is 2.32. The maximum atomic E-state index is 9.23. The predicted molar refractivity (Wildman–Crippen MR) is 198 cm³/mol. The van der Waals surface area contributed by atoms with Gasteiger partial charge in [-0.2, -0.15) is 5.26 Å². The zero-order chi connectivity index (χ0) is 33.7. The van der Waals surface area contributed by atoms with Crippen molar-refractivity contribution in [3.8, 4) is 85.0 Å². The molecule has 8 rings (SSSR count). The lowest BCUT2D eigenvalue weighted by atomic mass is 10.0. The summed E-state index contributed by atoms with van der Waals surface area (Å²) in [6.45, 7) is 0. The molecule has 0 spiro atoms. The molecule has 0 aliphatic heterocycles. The zero-order valence-electron chi connectivity index (χ0n) is 26.8. The Hall–Kier alpha value is -7.10. The molecule has 0 unspecified atom stereocenters. The third-order valence-electron chi connectivity index (χ3n) is 8.46. The van der Waals surface area contributed by atoms with Crippen LogP contribution >= 0.6 is 0 Å². The van der Waals surface area contributed by atoms with Gasteiger partial charge in [-0.3, -0.25) is 9.97 Å².